The van der Waals surface area contributed by atoms with E-state index in [9.17, 15) is 9.90 Å². The molecule has 0 radical (unpaired) electrons. The minimum absolute atomic E-state index is 0.0626. The lowest BCUT2D eigenvalue weighted by atomic mass is 9.95. The largest absolute Gasteiger partial charge is 0.392 e. The smallest absolute Gasteiger partial charge is 0.169 e. The molecule has 0 aromatic heterocycles. The van der Waals surface area contributed by atoms with Crippen molar-refractivity contribution in [2.45, 2.75) is 32.3 Å². The summed E-state index contributed by atoms with van der Waals surface area (Å²) in [4.78, 5) is 12.0. The molecular formula is C13H15ClO2. The number of ketones is 1. The normalized spacial score (nSPS) is 20.9. The SMILES string of the molecule is CCCC(O)C1Cc2cc(Cl)ccc2C1=O. The number of hydrogen-bond donors (Lipinski definition) is 1. The number of aliphatic hydroxyl groups is 1. The minimum atomic E-state index is -0.524. The van der Waals surface area contributed by atoms with E-state index in [1.807, 2.05) is 13.0 Å². The zero-order valence-electron chi connectivity index (χ0n) is 9.24. The van der Waals surface area contributed by atoms with Crippen LogP contribution in [-0.2, 0) is 6.42 Å². The Morgan fingerprint density at radius 3 is 3.00 bits per heavy atom. The topological polar surface area (TPSA) is 37.3 Å². The van der Waals surface area contributed by atoms with Crippen molar-refractivity contribution in [1.29, 1.82) is 0 Å². The monoisotopic (exact) mass is 238 g/mol. The van der Waals surface area contributed by atoms with E-state index in [2.05, 4.69) is 0 Å². The molecule has 0 bridgehead atoms. The van der Waals surface area contributed by atoms with E-state index in [4.69, 9.17) is 11.6 Å². The van der Waals surface area contributed by atoms with Gasteiger partial charge >= 0.3 is 0 Å². The van der Waals surface area contributed by atoms with Gasteiger partial charge in [0.15, 0.2) is 5.78 Å². The van der Waals surface area contributed by atoms with Gasteiger partial charge < -0.3 is 5.11 Å². The van der Waals surface area contributed by atoms with Gasteiger partial charge in [-0.25, -0.2) is 0 Å². The number of halogens is 1. The van der Waals surface area contributed by atoms with E-state index < -0.39 is 6.10 Å². The molecule has 1 N–H and O–H groups in total. The van der Waals surface area contributed by atoms with Gasteiger partial charge in [0.2, 0.25) is 0 Å². The highest BCUT2D eigenvalue weighted by molar-refractivity contribution is 6.30. The van der Waals surface area contributed by atoms with E-state index >= 15 is 0 Å². The molecule has 0 heterocycles. The molecule has 2 rings (SSSR count). The lowest BCUT2D eigenvalue weighted by molar-refractivity contribution is 0.0683. The first-order chi connectivity index (χ1) is 7.63. The summed E-state index contributed by atoms with van der Waals surface area (Å²) in [5.41, 5.74) is 1.70. The molecule has 2 atom stereocenters. The zero-order chi connectivity index (χ0) is 11.7. The number of Topliss-reactive ketones (excluding diaryl/α,β-unsaturated/α-hetero) is 1. The third-order valence-electron chi connectivity index (χ3n) is 3.16. The number of hydrogen-bond acceptors (Lipinski definition) is 2. The van der Waals surface area contributed by atoms with Gasteiger partial charge in [-0.3, -0.25) is 4.79 Å². The summed E-state index contributed by atoms with van der Waals surface area (Å²) in [6, 6.07) is 5.32. The summed E-state index contributed by atoms with van der Waals surface area (Å²) in [6.07, 6.45) is 1.67. The quantitative estimate of drug-likeness (QED) is 0.879. The highest BCUT2D eigenvalue weighted by Gasteiger charge is 2.34. The van der Waals surface area contributed by atoms with Crippen molar-refractivity contribution in [3.05, 3.63) is 34.3 Å². The summed E-state index contributed by atoms with van der Waals surface area (Å²) in [5, 5.41) is 10.6. The van der Waals surface area contributed by atoms with Gasteiger partial charge in [0.05, 0.1) is 12.0 Å². The molecule has 0 spiro atoms. The van der Waals surface area contributed by atoms with Gasteiger partial charge in [0.25, 0.3) is 0 Å². The maximum absolute atomic E-state index is 12.0. The summed E-state index contributed by atoms with van der Waals surface area (Å²) < 4.78 is 0. The molecule has 86 valence electrons. The van der Waals surface area contributed by atoms with Crippen LogP contribution in [0.25, 0.3) is 0 Å². The second-order valence-corrected chi connectivity index (χ2v) is 4.77. The molecule has 16 heavy (non-hydrogen) atoms. The number of carbonyl (C=O) groups is 1. The molecule has 2 nitrogen and oxygen atoms in total. The van der Waals surface area contributed by atoms with Crippen LogP contribution in [-0.4, -0.2) is 17.0 Å². The minimum Gasteiger partial charge on any atom is -0.392 e. The van der Waals surface area contributed by atoms with E-state index in [1.165, 1.54) is 0 Å². The Morgan fingerprint density at radius 2 is 2.31 bits per heavy atom. The summed E-state index contributed by atoms with van der Waals surface area (Å²) in [6.45, 7) is 2.01. The maximum atomic E-state index is 12.0. The lowest BCUT2D eigenvalue weighted by Crippen LogP contribution is -2.25. The third-order valence-corrected chi connectivity index (χ3v) is 3.39. The van der Waals surface area contributed by atoms with Crippen LogP contribution in [0.15, 0.2) is 18.2 Å². The van der Waals surface area contributed by atoms with Crippen LogP contribution in [0.4, 0.5) is 0 Å². The van der Waals surface area contributed by atoms with E-state index in [-0.39, 0.29) is 11.7 Å². The van der Waals surface area contributed by atoms with Crippen LogP contribution < -0.4 is 0 Å². The second kappa shape index (κ2) is 4.56. The first kappa shape index (κ1) is 11.6. The molecule has 1 aliphatic carbocycles. The van der Waals surface area contributed by atoms with Crippen molar-refractivity contribution >= 4 is 17.4 Å². The predicted molar refractivity (Wildman–Crippen MR) is 63.9 cm³/mol. The van der Waals surface area contributed by atoms with Crippen molar-refractivity contribution in [1.82, 2.24) is 0 Å². The lowest BCUT2D eigenvalue weighted by Gasteiger charge is -2.15. The Morgan fingerprint density at radius 1 is 1.56 bits per heavy atom. The number of benzene rings is 1. The molecule has 0 saturated carbocycles. The highest BCUT2D eigenvalue weighted by atomic mass is 35.5. The van der Waals surface area contributed by atoms with Crippen LogP contribution >= 0.6 is 11.6 Å². The van der Waals surface area contributed by atoms with Crippen LogP contribution in [0.2, 0.25) is 5.02 Å². The molecule has 3 heteroatoms. The molecule has 0 aliphatic heterocycles. The van der Waals surface area contributed by atoms with Gasteiger partial charge in [-0.2, -0.15) is 0 Å². The average Bonchev–Trinajstić information content (AvgIpc) is 2.56. The number of carbonyl (C=O) groups excluding carboxylic acids is 1. The Bertz CT molecular complexity index is 414. The van der Waals surface area contributed by atoms with Crippen molar-refractivity contribution in [3.8, 4) is 0 Å². The summed E-state index contributed by atoms with van der Waals surface area (Å²) in [5.74, 6) is -0.207. The van der Waals surface area contributed by atoms with Gasteiger partial charge in [-0.1, -0.05) is 24.9 Å². The van der Waals surface area contributed by atoms with E-state index in [0.717, 1.165) is 17.5 Å². The third kappa shape index (κ3) is 2.00. The predicted octanol–water partition coefficient (Wildman–Crippen LogP) is 2.86. The van der Waals surface area contributed by atoms with Crippen LogP contribution in [0.5, 0.6) is 0 Å². The van der Waals surface area contributed by atoms with Crippen LogP contribution in [0, 0.1) is 5.92 Å². The molecule has 1 aromatic carbocycles. The number of fused-ring (bicyclic) bond motifs is 1. The zero-order valence-corrected chi connectivity index (χ0v) is 10.00. The standard InChI is InChI=1S/C13H15ClO2/c1-2-3-12(15)11-7-8-6-9(14)4-5-10(8)13(11)16/h4-6,11-12,15H,2-3,7H2,1H3. The van der Waals surface area contributed by atoms with Gasteiger partial charge in [0.1, 0.15) is 0 Å². The van der Waals surface area contributed by atoms with E-state index in [0.29, 0.717) is 17.9 Å². The van der Waals surface area contributed by atoms with Crippen molar-refractivity contribution in [2.24, 2.45) is 5.92 Å². The first-order valence-electron chi connectivity index (χ1n) is 5.64. The van der Waals surface area contributed by atoms with Crippen LogP contribution in [0.1, 0.15) is 35.7 Å². The van der Waals surface area contributed by atoms with Crippen molar-refractivity contribution in [3.63, 3.8) is 0 Å². The highest BCUT2D eigenvalue weighted by Crippen LogP contribution is 2.31. The fourth-order valence-electron chi connectivity index (χ4n) is 2.31. The second-order valence-electron chi connectivity index (χ2n) is 4.33. The number of rotatable bonds is 3. The molecule has 0 amide bonds. The van der Waals surface area contributed by atoms with Gasteiger partial charge in [0, 0.05) is 10.6 Å². The summed E-state index contributed by atoms with van der Waals surface area (Å²) in [7, 11) is 0. The Balaban J connectivity index is 2.23. The Labute approximate surface area is 100 Å². The molecule has 1 aromatic rings. The van der Waals surface area contributed by atoms with Crippen molar-refractivity contribution in [2.75, 3.05) is 0 Å². The molecule has 2 unspecified atom stereocenters. The van der Waals surface area contributed by atoms with Crippen LogP contribution in [0.3, 0.4) is 0 Å². The van der Waals surface area contributed by atoms with Gasteiger partial charge in [-0.15, -0.1) is 0 Å². The van der Waals surface area contributed by atoms with Crippen molar-refractivity contribution < 1.29 is 9.90 Å². The molecule has 1 aliphatic rings. The summed E-state index contributed by atoms with van der Waals surface area (Å²) >= 11 is 5.89. The fourth-order valence-corrected chi connectivity index (χ4v) is 2.50. The fraction of sp³-hybridized carbons (Fsp3) is 0.462. The first-order valence-corrected chi connectivity index (χ1v) is 6.02. The number of aliphatic hydroxyl groups excluding tert-OH is 1. The maximum Gasteiger partial charge on any atom is 0.169 e. The Hall–Kier alpha value is -0.860. The van der Waals surface area contributed by atoms with E-state index in [1.54, 1.807) is 12.1 Å². The molecule has 0 fully saturated rings. The molecule has 0 saturated heterocycles. The molecular weight excluding hydrogens is 224 g/mol. The average molecular weight is 239 g/mol. The van der Waals surface area contributed by atoms with Gasteiger partial charge in [-0.05, 0) is 36.6 Å². The Kier molecular flexibility index (Phi) is 3.31.